The summed E-state index contributed by atoms with van der Waals surface area (Å²) in [7, 11) is 1.40. The van der Waals surface area contributed by atoms with Gasteiger partial charge in [0.2, 0.25) is 5.91 Å². The average molecular weight is 483 g/mol. The van der Waals surface area contributed by atoms with Crippen molar-refractivity contribution in [3.8, 4) is 11.1 Å². The fourth-order valence-corrected chi connectivity index (χ4v) is 4.35. The number of alkyl carbamates (subject to hydrolysis) is 1. The molecule has 0 heterocycles. The molecule has 0 aromatic heterocycles. The molecule has 1 unspecified atom stereocenters. The Hall–Kier alpha value is -3.39. The van der Waals surface area contributed by atoms with Crippen LogP contribution in [0.25, 0.3) is 11.1 Å². The minimum atomic E-state index is -1.13. The number of aliphatic carboxylic acids is 1. The van der Waals surface area contributed by atoms with E-state index in [4.69, 9.17) is 9.47 Å². The summed E-state index contributed by atoms with van der Waals surface area (Å²) in [6.07, 6.45) is 0.358. The van der Waals surface area contributed by atoms with Gasteiger partial charge in [-0.1, -0.05) is 55.5 Å². The van der Waals surface area contributed by atoms with Crippen LogP contribution < -0.4 is 10.6 Å². The molecule has 0 aliphatic heterocycles. The third-order valence-corrected chi connectivity index (χ3v) is 6.54. The van der Waals surface area contributed by atoms with Gasteiger partial charge in [-0.05, 0) is 47.9 Å². The topological polar surface area (TPSA) is 114 Å². The second-order valence-corrected chi connectivity index (χ2v) is 9.01. The summed E-state index contributed by atoms with van der Waals surface area (Å²) in [4.78, 5) is 35.7. The second-order valence-electron chi connectivity index (χ2n) is 9.01. The van der Waals surface area contributed by atoms with Gasteiger partial charge in [0.25, 0.3) is 0 Å². The molecule has 0 spiro atoms. The van der Waals surface area contributed by atoms with Crippen LogP contribution in [-0.4, -0.2) is 55.5 Å². The van der Waals surface area contributed by atoms with Crippen LogP contribution in [0.1, 0.15) is 50.2 Å². The Balaban J connectivity index is 1.38. The van der Waals surface area contributed by atoms with Crippen LogP contribution in [-0.2, 0) is 19.1 Å². The normalized spacial score (nSPS) is 14.8. The molecule has 2 aromatic carbocycles. The molecule has 8 heteroatoms. The minimum Gasteiger partial charge on any atom is -0.480 e. The molecule has 2 aromatic rings. The number of nitrogens with one attached hydrogen (secondary N) is 2. The zero-order chi connectivity index (χ0) is 25.4. The van der Waals surface area contributed by atoms with Crippen LogP contribution in [0.15, 0.2) is 48.5 Å². The molecule has 35 heavy (non-hydrogen) atoms. The predicted octanol–water partition coefficient (Wildman–Crippen LogP) is 3.94. The van der Waals surface area contributed by atoms with Crippen molar-refractivity contribution in [3.05, 3.63) is 59.7 Å². The standard InChI is InChI=1S/C27H34N2O6/c1-17(12-13-24(30)29-25(26(31)32)18(2)34-3)14-15-28-27(33)35-16-23-21-10-6-4-8-19(21)20-9-5-7-11-22(20)23/h4-11,17-18,23,25H,12-16H2,1-3H3,(H,28,33)(H,29,30)(H,31,32)/t17?,18-,25+/m1/s1. The molecule has 0 radical (unpaired) electrons. The first kappa shape index (κ1) is 26.2. The largest absolute Gasteiger partial charge is 0.480 e. The fraction of sp³-hybridized carbons (Fsp3) is 0.444. The van der Waals surface area contributed by atoms with E-state index in [1.165, 1.54) is 29.4 Å². The third-order valence-electron chi connectivity index (χ3n) is 6.54. The Labute approximate surface area is 206 Å². The molecule has 1 aliphatic rings. The molecule has 1 aliphatic carbocycles. The summed E-state index contributed by atoms with van der Waals surface area (Å²) in [5, 5.41) is 14.5. The fourth-order valence-electron chi connectivity index (χ4n) is 4.35. The van der Waals surface area contributed by atoms with Gasteiger partial charge in [0.1, 0.15) is 6.61 Å². The van der Waals surface area contributed by atoms with E-state index in [0.29, 0.717) is 19.4 Å². The van der Waals surface area contributed by atoms with Crippen molar-refractivity contribution in [1.29, 1.82) is 0 Å². The summed E-state index contributed by atoms with van der Waals surface area (Å²) >= 11 is 0. The lowest BCUT2D eigenvalue weighted by molar-refractivity contribution is -0.145. The molecule has 3 atom stereocenters. The van der Waals surface area contributed by atoms with Crippen molar-refractivity contribution >= 4 is 18.0 Å². The van der Waals surface area contributed by atoms with Crippen molar-refractivity contribution in [2.75, 3.05) is 20.3 Å². The number of hydrogen-bond acceptors (Lipinski definition) is 5. The molecule has 2 amide bonds. The second kappa shape index (κ2) is 12.4. The minimum absolute atomic E-state index is 0.0149. The number of amides is 2. The van der Waals surface area contributed by atoms with Gasteiger partial charge in [-0.15, -0.1) is 0 Å². The van der Waals surface area contributed by atoms with Gasteiger partial charge in [0, 0.05) is 26.0 Å². The first-order valence-electron chi connectivity index (χ1n) is 12.0. The molecule has 8 nitrogen and oxygen atoms in total. The van der Waals surface area contributed by atoms with E-state index < -0.39 is 24.2 Å². The number of carboxylic acid groups (broad SMARTS) is 1. The lowest BCUT2D eigenvalue weighted by Gasteiger charge is -2.20. The van der Waals surface area contributed by atoms with Crippen molar-refractivity contribution in [2.45, 2.75) is 51.2 Å². The highest BCUT2D eigenvalue weighted by Gasteiger charge is 2.29. The number of rotatable bonds is 12. The quantitative estimate of drug-likeness (QED) is 0.422. The molecule has 0 saturated heterocycles. The van der Waals surface area contributed by atoms with E-state index in [1.807, 2.05) is 31.2 Å². The molecule has 3 rings (SSSR count). The van der Waals surface area contributed by atoms with Crippen LogP contribution in [0.2, 0.25) is 0 Å². The molecule has 0 saturated carbocycles. The Kier molecular flexibility index (Phi) is 9.25. The first-order valence-corrected chi connectivity index (χ1v) is 12.0. The molecular formula is C27H34N2O6. The lowest BCUT2D eigenvalue weighted by atomic mass is 9.98. The Morgan fingerprint density at radius 1 is 0.971 bits per heavy atom. The lowest BCUT2D eigenvalue weighted by Crippen LogP contribution is -2.48. The number of ether oxygens (including phenoxy) is 2. The maximum Gasteiger partial charge on any atom is 0.407 e. The smallest absolute Gasteiger partial charge is 0.407 e. The van der Waals surface area contributed by atoms with Crippen LogP contribution in [0.5, 0.6) is 0 Å². The molecule has 3 N–H and O–H groups in total. The van der Waals surface area contributed by atoms with Gasteiger partial charge in [-0.2, -0.15) is 0 Å². The van der Waals surface area contributed by atoms with E-state index >= 15 is 0 Å². The molecular weight excluding hydrogens is 448 g/mol. The molecule has 0 fully saturated rings. The number of carbonyl (C=O) groups is 3. The Morgan fingerprint density at radius 3 is 2.14 bits per heavy atom. The van der Waals surface area contributed by atoms with Crippen LogP contribution >= 0.6 is 0 Å². The highest BCUT2D eigenvalue weighted by Crippen LogP contribution is 2.44. The number of benzene rings is 2. The Morgan fingerprint density at radius 2 is 1.57 bits per heavy atom. The van der Waals surface area contributed by atoms with E-state index in [2.05, 4.69) is 34.9 Å². The zero-order valence-corrected chi connectivity index (χ0v) is 20.5. The highest BCUT2D eigenvalue weighted by atomic mass is 16.5. The number of fused-ring (bicyclic) bond motifs is 3. The summed E-state index contributed by atoms with van der Waals surface area (Å²) in [5.74, 6) is -1.29. The first-order chi connectivity index (χ1) is 16.8. The van der Waals surface area contributed by atoms with Gasteiger partial charge in [-0.3, -0.25) is 4.79 Å². The van der Waals surface area contributed by atoms with Crippen LogP contribution in [0, 0.1) is 5.92 Å². The summed E-state index contributed by atoms with van der Waals surface area (Å²) in [6, 6.07) is 15.3. The monoisotopic (exact) mass is 482 g/mol. The van der Waals surface area contributed by atoms with Gasteiger partial charge in [-0.25, -0.2) is 9.59 Å². The number of carboxylic acids is 1. The van der Waals surface area contributed by atoms with Crippen molar-refractivity contribution in [1.82, 2.24) is 10.6 Å². The predicted molar refractivity (Wildman–Crippen MR) is 132 cm³/mol. The maximum atomic E-state index is 12.3. The van der Waals surface area contributed by atoms with Gasteiger partial charge in [0.05, 0.1) is 6.10 Å². The highest BCUT2D eigenvalue weighted by molar-refractivity contribution is 5.84. The number of carbonyl (C=O) groups excluding carboxylic acids is 2. The summed E-state index contributed by atoms with van der Waals surface area (Å²) < 4.78 is 10.6. The zero-order valence-electron chi connectivity index (χ0n) is 20.5. The Bertz CT molecular complexity index is 994. The maximum absolute atomic E-state index is 12.3. The third kappa shape index (κ3) is 6.82. The summed E-state index contributed by atoms with van der Waals surface area (Å²) in [5.41, 5.74) is 4.69. The molecule has 0 bridgehead atoms. The van der Waals surface area contributed by atoms with E-state index in [0.717, 1.165) is 0 Å². The number of methoxy groups -OCH3 is 1. The van der Waals surface area contributed by atoms with Crippen molar-refractivity contribution < 1.29 is 29.0 Å². The van der Waals surface area contributed by atoms with E-state index in [1.54, 1.807) is 6.92 Å². The van der Waals surface area contributed by atoms with Gasteiger partial charge < -0.3 is 25.2 Å². The van der Waals surface area contributed by atoms with E-state index in [-0.39, 0.29) is 30.8 Å². The SMILES string of the molecule is CO[C@H](C)[C@H](NC(=O)CCC(C)CCNC(=O)OCC1c2ccccc2-c2ccccc21)C(=O)O. The molecule has 188 valence electrons. The van der Waals surface area contributed by atoms with Gasteiger partial charge in [0.15, 0.2) is 6.04 Å². The van der Waals surface area contributed by atoms with Gasteiger partial charge >= 0.3 is 12.1 Å². The summed E-state index contributed by atoms with van der Waals surface area (Å²) in [6.45, 7) is 4.27. The van der Waals surface area contributed by atoms with Crippen LogP contribution in [0.3, 0.4) is 0 Å². The average Bonchev–Trinajstić information content (AvgIpc) is 3.17. The van der Waals surface area contributed by atoms with Crippen molar-refractivity contribution in [2.24, 2.45) is 5.92 Å². The number of hydrogen-bond donors (Lipinski definition) is 3. The van der Waals surface area contributed by atoms with Crippen molar-refractivity contribution in [3.63, 3.8) is 0 Å². The van der Waals surface area contributed by atoms with E-state index in [9.17, 15) is 19.5 Å². The van der Waals surface area contributed by atoms with Crippen LogP contribution in [0.4, 0.5) is 4.79 Å².